The number of hydrogen-bond donors (Lipinski definition) is 0. The van der Waals surface area contributed by atoms with Gasteiger partial charge in [0.05, 0.1) is 17.0 Å². The molecule has 4 rings (SSSR count). The largest absolute Gasteiger partial charge is 0.449 e. The van der Waals surface area contributed by atoms with Gasteiger partial charge in [-0.3, -0.25) is 0 Å². The summed E-state index contributed by atoms with van der Waals surface area (Å²) in [5, 5.41) is 0.455. The SMILES string of the molecule is CCOC(=O)n1c2c(c3ccccc31)C(S(=O)(=O)c1ccccc1)OC2=O. The summed E-state index contributed by atoms with van der Waals surface area (Å²) in [7, 11) is -4.01. The Morgan fingerprint density at radius 3 is 2.48 bits per heavy atom. The van der Waals surface area contributed by atoms with Crippen molar-refractivity contribution < 1.29 is 27.5 Å². The summed E-state index contributed by atoms with van der Waals surface area (Å²) < 4.78 is 37.5. The molecule has 0 amide bonds. The molecule has 7 nitrogen and oxygen atoms in total. The van der Waals surface area contributed by atoms with Crippen LogP contribution in [0, 0.1) is 0 Å². The first-order chi connectivity index (χ1) is 13.0. The molecule has 2 aromatic carbocycles. The van der Waals surface area contributed by atoms with Crippen LogP contribution in [0.2, 0.25) is 0 Å². The molecule has 2 heterocycles. The monoisotopic (exact) mass is 385 g/mol. The second-order valence-corrected chi connectivity index (χ2v) is 7.90. The van der Waals surface area contributed by atoms with Gasteiger partial charge in [-0.1, -0.05) is 36.4 Å². The number of fused-ring (bicyclic) bond motifs is 3. The third-order valence-corrected chi connectivity index (χ3v) is 6.19. The first kappa shape index (κ1) is 17.3. The van der Waals surface area contributed by atoms with E-state index in [4.69, 9.17) is 9.47 Å². The Morgan fingerprint density at radius 1 is 1.11 bits per heavy atom. The zero-order valence-corrected chi connectivity index (χ0v) is 15.1. The first-order valence-electron chi connectivity index (χ1n) is 8.27. The maximum atomic E-state index is 13.1. The topological polar surface area (TPSA) is 91.7 Å². The second-order valence-electron chi connectivity index (χ2n) is 5.91. The van der Waals surface area contributed by atoms with E-state index >= 15 is 0 Å². The second kappa shape index (κ2) is 6.24. The van der Waals surface area contributed by atoms with Gasteiger partial charge in [-0.15, -0.1) is 0 Å². The Hall–Kier alpha value is -3.13. The summed E-state index contributed by atoms with van der Waals surface area (Å²) in [6.45, 7) is 1.76. The summed E-state index contributed by atoms with van der Waals surface area (Å²) in [6, 6.07) is 14.4. The Kier molecular flexibility index (Phi) is 4.00. The van der Waals surface area contributed by atoms with E-state index in [1.165, 1.54) is 12.1 Å². The van der Waals surface area contributed by atoms with Crippen LogP contribution in [0.4, 0.5) is 4.79 Å². The van der Waals surface area contributed by atoms with E-state index in [-0.39, 0.29) is 22.8 Å². The summed E-state index contributed by atoms with van der Waals surface area (Å²) in [5.74, 6) is -0.876. The molecule has 0 bridgehead atoms. The van der Waals surface area contributed by atoms with E-state index in [1.807, 2.05) is 0 Å². The van der Waals surface area contributed by atoms with Gasteiger partial charge >= 0.3 is 12.1 Å². The number of ether oxygens (including phenoxy) is 2. The van der Waals surface area contributed by atoms with Gasteiger partial charge in [-0.05, 0) is 25.1 Å². The van der Waals surface area contributed by atoms with Gasteiger partial charge in [0.15, 0.2) is 0 Å². The number of cyclic esters (lactones) is 1. The number of hydrogen-bond acceptors (Lipinski definition) is 6. The third-order valence-electron chi connectivity index (χ3n) is 4.36. The molecule has 1 aliphatic rings. The number of sulfone groups is 1. The highest BCUT2D eigenvalue weighted by atomic mass is 32.2. The van der Waals surface area contributed by atoms with Crippen molar-refractivity contribution in [1.29, 1.82) is 0 Å². The van der Waals surface area contributed by atoms with Crippen molar-refractivity contribution in [2.75, 3.05) is 6.61 Å². The molecule has 0 N–H and O–H groups in total. The lowest BCUT2D eigenvalue weighted by Gasteiger charge is -2.12. The molecule has 1 aliphatic heterocycles. The predicted molar refractivity (Wildman–Crippen MR) is 96.1 cm³/mol. The van der Waals surface area contributed by atoms with Crippen molar-refractivity contribution in [3.63, 3.8) is 0 Å². The van der Waals surface area contributed by atoms with E-state index in [0.717, 1.165) is 4.57 Å². The highest BCUT2D eigenvalue weighted by molar-refractivity contribution is 7.91. The molecule has 1 unspecified atom stereocenters. The highest BCUT2D eigenvalue weighted by Crippen LogP contribution is 2.43. The van der Waals surface area contributed by atoms with Gasteiger partial charge < -0.3 is 9.47 Å². The summed E-state index contributed by atoms with van der Waals surface area (Å²) in [6.07, 6.45) is -0.760. The lowest BCUT2D eigenvalue weighted by Crippen LogP contribution is -2.18. The molecule has 8 heteroatoms. The van der Waals surface area contributed by atoms with Crippen LogP contribution in [-0.2, 0) is 19.3 Å². The Balaban J connectivity index is 1.99. The number of carbonyl (C=O) groups is 2. The molecule has 0 saturated carbocycles. The van der Waals surface area contributed by atoms with Crippen LogP contribution in [0.25, 0.3) is 10.9 Å². The fraction of sp³-hybridized carbons (Fsp3) is 0.158. The van der Waals surface area contributed by atoms with Crippen LogP contribution < -0.4 is 0 Å². The van der Waals surface area contributed by atoms with Gasteiger partial charge in [0.2, 0.25) is 15.3 Å². The van der Waals surface area contributed by atoms with Crippen LogP contribution in [0.3, 0.4) is 0 Å². The standard InChI is InChI=1S/C19H15NO6S/c1-2-25-19(22)20-14-11-7-6-10-13(14)15-16(20)17(21)26-18(15)27(23,24)12-8-4-3-5-9-12/h3-11,18H,2H2,1H3. The zero-order valence-electron chi connectivity index (χ0n) is 14.3. The number of para-hydroxylation sites is 1. The molecule has 1 atom stereocenters. The van der Waals surface area contributed by atoms with Crippen molar-refractivity contribution in [2.24, 2.45) is 0 Å². The van der Waals surface area contributed by atoms with Crippen LogP contribution >= 0.6 is 0 Å². The van der Waals surface area contributed by atoms with Gasteiger partial charge in [0, 0.05) is 10.9 Å². The van der Waals surface area contributed by atoms with Crippen molar-refractivity contribution >= 4 is 32.8 Å². The average Bonchev–Trinajstić information content (AvgIpc) is 3.19. The molecule has 0 spiro atoms. The summed E-state index contributed by atoms with van der Waals surface area (Å²) >= 11 is 0. The molecule has 0 saturated heterocycles. The molecule has 1 aromatic heterocycles. The number of benzene rings is 2. The number of carbonyl (C=O) groups excluding carboxylic acids is 2. The highest BCUT2D eigenvalue weighted by Gasteiger charge is 2.46. The molecule has 0 fully saturated rings. The fourth-order valence-corrected chi connectivity index (χ4v) is 4.79. The molecule has 3 aromatic rings. The van der Waals surface area contributed by atoms with Crippen molar-refractivity contribution in [3.8, 4) is 0 Å². The van der Waals surface area contributed by atoms with Crippen molar-refractivity contribution in [3.05, 3.63) is 65.9 Å². The summed E-state index contributed by atoms with van der Waals surface area (Å²) in [4.78, 5) is 25.0. The minimum absolute atomic E-state index is 0.0311. The van der Waals surface area contributed by atoms with E-state index in [1.54, 1.807) is 49.4 Å². The molecular weight excluding hydrogens is 370 g/mol. The normalized spacial score (nSPS) is 16.2. The zero-order chi connectivity index (χ0) is 19.2. The molecular formula is C19H15NO6S. The molecule has 0 radical (unpaired) electrons. The number of rotatable bonds is 3. The van der Waals surface area contributed by atoms with Crippen LogP contribution in [0.15, 0.2) is 59.5 Å². The lowest BCUT2D eigenvalue weighted by atomic mass is 10.1. The Bertz CT molecular complexity index is 1160. The lowest BCUT2D eigenvalue weighted by molar-refractivity contribution is 0.0498. The van der Waals surface area contributed by atoms with Gasteiger partial charge in [0.25, 0.3) is 0 Å². The number of esters is 1. The minimum atomic E-state index is -4.01. The Morgan fingerprint density at radius 2 is 1.78 bits per heavy atom. The Labute approximate surface area is 155 Å². The maximum absolute atomic E-state index is 13.1. The van der Waals surface area contributed by atoms with Gasteiger partial charge in [0.1, 0.15) is 5.69 Å². The molecule has 27 heavy (non-hydrogen) atoms. The van der Waals surface area contributed by atoms with E-state index in [2.05, 4.69) is 0 Å². The maximum Gasteiger partial charge on any atom is 0.419 e. The smallest absolute Gasteiger partial charge is 0.419 e. The molecule has 0 aliphatic carbocycles. The van der Waals surface area contributed by atoms with E-state index < -0.39 is 27.3 Å². The van der Waals surface area contributed by atoms with Crippen LogP contribution in [0.1, 0.15) is 28.4 Å². The van der Waals surface area contributed by atoms with Crippen molar-refractivity contribution in [1.82, 2.24) is 4.57 Å². The quantitative estimate of drug-likeness (QED) is 0.643. The van der Waals surface area contributed by atoms with Crippen LogP contribution in [0.5, 0.6) is 0 Å². The van der Waals surface area contributed by atoms with Gasteiger partial charge in [-0.2, -0.15) is 0 Å². The van der Waals surface area contributed by atoms with E-state index in [0.29, 0.717) is 10.9 Å². The predicted octanol–water partition coefficient (Wildman–Crippen LogP) is 3.29. The number of aromatic nitrogens is 1. The summed E-state index contributed by atoms with van der Waals surface area (Å²) in [5.41, 5.74) is -1.08. The van der Waals surface area contributed by atoms with Crippen LogP contribution in [-0.4, -0.2) is 31.7 Å². The first-order valence-corrected chi connectivity index (χ1v) is 9.81. The number of nitrogens with zero attached hydrogens (tertiary/aromatic N) is 1. The molecule has 138 valence electrons. The third kappa shape index (κ3) is 2.52. The van der Waals surface area contributed by atoms with E-state index in [9.17, 15) is 18.0 Å². The average molecular weight is 385 g/mol. The van der Waals surface area contributed by atoms with Gasteiger partial charge in [-0.25, -0.2) is 22.6 Å². The van der Waals surface area contributed by atoms with Crippen molar-refractivity contribution in [2.45, 2.75) is 17.3 Å². The fourth-order valence-electron chi connectivity index (χ4n) is 3.25. The minimum Gasteiger partial charge on any atom is -0.449 e.